The smallest absolute Gasteiger partial charge is 0.239 e. The van der Waals surface area contributed by atoms with Crippen molar-refractivity contribution in [1.82, 2.24) is 15.2 Å². The maximum Gasteiger partial charge on any atom is 0.239 e. The fourth-order valence-corrected chi connectivity index (χ4v) is 2.94. The van der Waals surface area contributed by atoms with E-state index < -0.39 is 0 Å². The first-order valence-electron chi connectivity index (χ1n) is 6.60. The van der Waals surface area contributed by atoms with E-state index in [1.165, 1.54) is 0 Å². The molecule has 1 saturated heterocycles. The average molecular weight is 267 g/mol. The van der Waals surface area contributed by atoms with Crippen LogP contribution in [0.3, 0.4) is 0 Å². The third-order valence-electron chi connectivity index (χ3n) is 3.14. The van der Waals surface area contributed by atoms with E-state index in [1.807, 2.05) is 16.5 Å². The van der Waals surface area contributed by atoms with Crippen molar-refractivity contribution in [2.45, 2.75) is 45.2 Å². The molecular weight excluding hydrogens is 246 g/mol. The molecule has 0 bridgehead atoms. The van der Waals surface area contributed by atoms with Crippen LogP contribution in [0.25, 0.3) is 0 Å². The minimum absolute atomic E-state index is 0.00930. The van der Waals surface area contributed by atoms with Gasteiger partial charge in [0.15, 0.2) is 0 Å². The number of rotatable bonds is 5. The summed E-state index contributed by atoms with van der Waals surface area (Å²) in [5, 5.41) is 6.45. The molecule has 2 heterocycles. The van der Waals surface area contributed by atoms with Gasteiger partial charge in [-0.05, 0) is 12.8 Å². The maximum absolute atomic E-state index is 12.3. The molecule has 1 aromatic rings. The van der Waals surface area contributed by atoms with E-state index in [-0.39, 0.29) is 11.9 Å². The Morgan fingerprint density at radius 2 is 2.44 bits per heavy atom. The summed E-state index contributed by atoms with van der Waals surface area (Å²) in [5.74, 6) is 0.256. The Morgan fingerprint density at radius 1 is 1.61 bits per heavy atom. The predicted molar refractivity (Wildman–Crippen MR) is 73.7 cm³/mol. The minimum atomic E-state index is 0.00930. The van der Waals surface area contributed by atoms with Crippen molar-refractivity contribution >= 4 is 17.2 Å². The zero-order valence-corrected chi connectivity index (χ0v) is 11.9. The number of piperidine rings is 1. The normalized spacial score (nSPS) is 20.7. The Bertz CT molecular complexity index is 378. The maximum atomic E-state index is 12.3. The van der Waals surface area contributed by atoms with E-state index in [4.69, 9.17) is 0 Å². The van der Waals surface area contributed by atoms with Crippen molar-refractivity contribution in [1.29, 1.82) is 0 Å². The molecule has 5 heteroatoms. The molecule has 1 amide bonds. The van der Waals surface area contributed by atoms with Crippen LogP contribution >= 0.6 is 11.3 Å². The summed E-state index contributed by atoms with van der Waals surface area (Å²) in [6.45, 7) is 5.85. The second-order valence-corrected chi connectivity index (χ2v) is 6.00. The van der Waals surface area contributed by atoms with Crippen LogP contribution in [0, 0.1) is 0 Å². The Morgan fingerprint density at radius 3 is 3.11 bits per heavy atom. The third-order valence-corrected chi connectivity index (χ3v) is 3.98. The first kappa shape index (κ1) is 13.5. The predicted octanol–water partition coefficient (Wildman–Crippen LogP) is 1.67. The fraction of sp³-hybridized carbons (Fsp3) is 0.692. The average Bonchev–Trinajstić information content (AvgIpc) is 2.83. The van der Waals surface area contributed by atoms with Gasteiger partial charge in [0.25, 0.3) is 0 Å². The van der Waals surface area contributed by atoms with Crippen LogP contribution in [0.1, 0.15) is 31.7 Å². The van der Waals surface area contributed by atoms with Gasteiger partial charge in [-0.25, -0.2) is 4.98 Å². The minimum Gasteiger partial charge on any atom is -0.341 e. The van der Waals surface area contributed by atoms with Gasteiger partial charge in [0.1, 0.15) is 0 Å². The number of hydrogen-bond acceptors (Lipinski definition) is 4. The van der Waals surface area contributed by atoms with E-state index in [0.29, 0.717) is 6.04 Å². The quantitative estimate of drug-likeness (QED) is 0.883. The Kier molecular flexibility index (Phi) is 4.72. The molecular formula is C13H21N3OS. The molecule has 2 rings (SSSR count). The molecule has 1 fully saturated rings. The highest BCUT2D eigenvalue weighted by Gasteiger charge is 2.28. The Labute approximate surface area is 112 Å². The number of carbonyl (C=O) groups excluding carboxylic acids is 1. The lowest BCUT2D eigenvalue weighted by atomic mass is 10.0. The van der Waals surface area contributed by atoms with Gasteiger partial charge in [-0.3, -0.25) is 4.79 Å². The molecule has 1 N–H and O–H groups in total. The second-order valence-electron chi connectivity index (χ2n) is 5.02. The zero-order valence-electron chi connectivity index (χ0n) is 11.1. The molecule has 1 aromatic heterocycles. The molecule has 0 radical (unpaired) electrons. The molecule has 1 atom stereocenters. The molecule has 1 unspecified atom stereocenters. The van der Waals surface area contributed by atoms with E-state index in [9.17, 15) is 4.79 Å². The summed E-state index contributed by atoms with van der Waals surface area (Å²) in [6.07, 6.45) is 4.75. The van der Waals surface area contributed by atoms with E-state index in [0.717, 1.165) is 37.4 Å². The van der Waals surface area contributed by atoms with Gasteiger partial charge < -0.3 is 10.2 Å². The van der Waals surface area contributed by atoms with E-state index in [2.05, 4.69) is 24.1 Å². The number of aromatic nitrogens is 1. The van der Waals surface area contributed by atoms with Crippen molar-refractivity contribution in [2.75, 3.05) is 13.1 Å². The van der Waals surface area contributed by atoms with Crippen molar-refractivity contribution in [2.24, 2.45) is 0 Å². The summed E-state index contributed by atoms with van der Waals surface area (Å²) in [6, 6.07) is 0.368. The monoisotopic (exact) mass is 267 g/mol. The Hall–Kier alpha value is -0.940. The van der Waals surface area contributed by atoms with Crippen LogP contribution in [0.5, 0.6) is 0 Å². The van der Waals surface area contributed by atoms with Crippen molar-refractivity contribution in [3.8, 4) is 0 Å². The van der Waals surface area contributed by atoms with Crippen LogP contribution < -0.4 is 5.32 Å². The summed E-state index contributed by atoms with van der Waals surface area (Å²) >= 11 is 1.66. The van der Waals surface area contributed by atoms with Crippen molar-refractivity contribution in [3.63, 3.8) is 0 Å². The number of nitrogens with zero attached hydrogens (tertiary/aromatic N) is 2. The number of hydrogen-bond donors (Lipinski definition) is 1. The highest BCUT2D eigenvalue weighted by Crippen LogP contribution is 2.14. The molecule has 4 nitrogen and oxygen atoms in total. The molecule has 18 heavy (non-hydrogen) atoms. The van der Waals surface area contributed by atoms with Crippen LogP contribution in [-0.2, 0) is 11.2 Å². The first-order chi connectivity index (χ1) is 8.66. The van der Waals surface area contributed by atoms with Gasteiger partial charge in [-0.15, -0.1) is 11.3 Å². The lowest BCUT2D eigenvalue weighted by molar-refractivity contribution is -0.136. The molecule has 0 aromatic carbocycles. The second kappa shape index (κ2) is 6.29. The highest BCUT2D eigenvalue weighted by atomic mass is 32.1. The van der Waals surface area contributed by atoms with E-state index in [1.54, 1.807) is 11.3 Å². The number of carbonyl (C=O) groups is 1. The summed E-state index contributed by atoms with van der Waals surface area (Å²) < 4.78 is 0. The number of amides is 1. The topological polar surface area (TPSA) is 45.2 Å². The number of thiazole rings is 1. The summed E-state index contributed by atoms with van der Waals surface area (Å²) in [5.41, 5.74) is 0. The summed E-state index contributed by atoms with van der Waals surface area (Å²) in [4.78, 5) is 18.5. The largest absolute Gasteiger partial charge is 0.341 e. The van der Waals surface area contributed by atoms with Gasteiger partial charge in [0.2, 0.25) is 5.91 Å². The standard InChI is InChI=1S/C13H21N3OS/c1-10(2)15-11-4-3-7-16(13(11)17)8-5-12-14-6-9-18-12/h6,9-11,15H,3-5,7-8H2,1-2H3. The van der Waals surface area contributed by atoms with Crippen LogP contribution in [0.4, 0.5) is 0 Å². The van der Waals surface area contributed by atoms with Gasteiger partial charge >= 0.3 is 0 Å². The molecule has 100 valence electrons. The van der Waals surface area contributed by atoms with E-state index >= 15 is 0 Å². The molecule has 1 aliphatic heterocycles. The fourth-order valence-electron chi connectivity index (χ4n) is 2.33. The SMILES string of the molecule is CC(C)NC1CCCN(CCc2nccs2)C1=O. The summed E-state index contributed by atoms with van der Waals surface area (Å²) in [7, 11) is 0. The lowest BCUT2D eigenvalue weighted by Gasteiger charge is -2.33. The van der Waals surface area contributed by atoms with Gasteiger partial charge in [-0.2, -0.15) is 0 Å². The highest BCUT2D eigenvalue weighted by molar-refractivity contribution is 7.09. The third kappa shape index (κ3) is 3.53. The first-order valence-corrected chi connectivity index (χ1v) is 7.48. The van der Waals surface area contributed by atoms with Crippen molar-refractivity contribution in [3.05, 3.63) is 16.6 Å². The number of nitrogens with one attached hydrogen (secondary N) is 1. The van der Waals surface area contributed by atoms with Crippen LogP contribution in [-0.4, -0.2) is 41.0 Å². The van der Waals surface area contributed by atoms with Crippen molar-refractivity contribution < 1.29 is 4.79 Å². The van der Waals surface area contributed by atoms with Crippen LogP contribution in [0.2, 0.25) is 0 Å². The zero-order chi connectivity index (χ0) is 13.0. The number of likely N-dealkylation sites (tertiary alicyclic amines) is 1. The molecule has 1 aliphatic rings. The lowest BCUT2D eigenvalue weighted by Crippen LogP contribution is -2.52. The van der Waals surface area contributed by atoms with Gasteiger partial charge in [0, 0.05) is 37.1 Å². The molecule has 0 saturated carbocycles. The van der Waals surface area contributed by atoms with Crippen LogP contribution in [0.15, 0.2) is 11.6 Å². The van der Waals surface area contributed by atoms with Gasteiger partial charge in [-0.1, -0.05) is 13.8 Å². The molecule has 0 aliphatic carbocycles. The Balaban J connectivity index is 1.86. The van der Waals surface area contributed by atoms with Gasteiger partial charge in [0.05, 0.1) is 11.0 Å². The molecule has 0 spiro atoms.